The van der Waals surface area contributed by atoms with Crippen molar-refractivity contribution in [1.82, 2.24) is 5.32 Å². The SMILES string of the molecule is CNC(c1cc(Cl)sc1Cl)C1COC(C)C1. The first-order valence-electron chi connectivity index (χ1n) is 5.35. The highest BCUT2D eigenvalue weighted by Gasteiger charge is 2.31. The molecule has 1 fully saturated rings. The molecule has 0 saturated carbocycles. The minimum Gasteiger partial charge on any atom is -0.378 e. The first-order chi connectivity index (χ1) is 7.61. The van der Waals surface area contributed by atoms with Crippen LogP contribution in [-0.4, -0.2) is 19.8 Å². The van der Waals surface area contributed by atoms with E-state index in [1.807, 2.05) is 13.1 Å². The monoisotopic (exact) mass is 279 g/mol. The van der Waals surface area contributed by atoms with E-state index in [1.165, 1.54) is 11.3 Å². The van der Waals surface area contributed by atoms with Crippen LogP contribution in [0.1, 0.15) is 24.9 Å². The lowest BCUT2D eigenvalue weighted by molar-refractivity contribution is 0.117. The number of ether oxygens (including phenoxy) is 1. The van der Waals surface area contributed by atoms with E-state index in [9.17, 15) is 0 Å². The summed E-state index contributed by atoms with van der Waals surface area (Å²) in [6.45, 7) is 2.89. The summed E-state index contributed by atoms with van der Waals surface area (Å²) in [5.41, 5.74) is 1.10. The van der Waals surface area contributed by atoms with Gasteiger partial charge >= 0.3 is 0 Å². The number of hydrogen-bond acceptors (Lipinski definition) is 3. The lowest BCUT2D eigenvalue weighted by Gasteiger charge is -2.21. The normalized spacial score (nSPS) is 27.2. The topological polar surface area (TPSA) is 21.3 Å². The summed E-state index contributed by atoms with van der Waals surface area (Å²) >= 11 is 13.6. The maximum Gasteiger partial charge on any atom is 0.0992 e. The quantitative estimate of drug-likeness (QED) is 0.910. The van der Waals surface area contributed by atoms with Crippen LogP contribution < -0.4 is 5.32 Å². The molecule has 1 N–H and O–H groups in total. The van der Waals surface area contributed by atoms with Gasteiger partial charge < -0.3 is 10.1 Å². The second-order valence-electron chi connectivity index (χ2n) is 4.19. The summed E-state index contributed by atoms with van der Waals surface area (Å²) < 4.78 is 7.13. The van der Waals surface area contributed by atoms with Crippen molar-refractivity contribution in [3.8, 4) is 0 Å². The molecule has 0 spiro atoms. The molecule has 0 amide bonds. The van der Waals surface area contributed by atoms with Crippen LogP contribution in [0.4, 0.5) is 0 Å². The Balaban J connectivity index is 2.19. The fourth-order valence-corrected chi connectivity index (χ4v) is 3.84. The molecule has 0 radical (unpaired) electrons. The molecule has 3 atom stereocenters. The smallest absolute Gasteiger partial charge is 0.0992 e. The van der Waals surface area contributed by atoms with Gasteiger partial charge in [0, 0.05) is 17.5 Å². The van der Waals surface area contributed by atoms with Crippen molar-refractivity contribution in [3.05, 3.63) is 20.3 Å². The fraction of sp³-hybridized carbons (Fsp3) is 0.636. The molecule has 0 aliphatic carbocycles. The molecule has 1 aromatic heterocycles. The van der Waals surface area contributed by atoms with E-state index in [-0.39, 0.29) is 6.04 Å². The predicted octanol–water partition coefficient (Wildman–Crippen LogP) is 3.74. The van der Waals surface area contributed by atoms with E-state index >= 15 is 0 Å². The van der Waals surface area contributed by atoms with Crippen LogP contribution in [0, 0.1) is 5.92 Å². The van der Waals surface area contributed by atoms with Gasteiger partial charge in [-0.3, -0.25) is 0 Å². The third-order valence-electron chi connectivity index (χ3n) is 3.03. The van der Waals surface area contributed by atoms with Crippen LogP contribution in [0.2, 0.25) is 8.67 Å². The molecule has 5 heteroatoms. The van der Waals surface area contributed by atoms with E-state index in [2.05, 4.69) is 12.2 Å². The molecule has 1 saturated heterocycles. The van der Waals surface area contributed by atoms with Gasteiger partial charge in [-0.25, -0.2) is 0 Å². The number of halogens is 2. The maximum absolute atomic E-state index is 6.19. The van der Waals surface area contributed by atoms with E-state index in [1.54, 1.807) is 0 Å². The summed E-state index contributed by atoms with van der Waals surface area (Å²) in [5.74, 6) is 0.475. The third kappa shape index (κ3) is 2.54. The molecule has 3 unspecified atom stereocenters. The number of nitrogens with one attached hydrogen (secondary N) is 1. The molecule has 2 heterocycles. The summed E-state index contributed by atoms with van der Waals surface area (Å²) in [6, 6.07) is 2.19. The van der Waals surface area contributed by atoms with Crippen LogP contribution in [0.3, 0.4) is 0 Å². The Kier molecular flexibility index (Phi) is 4.14. The van der Waals surface area contributed by atoms with Crippen molar-refractivity contribution in [2.45, 2.75) is 25.5 Å². The molecular weight excluding hydrogens is 265 g/mol. The largest absolute Gasteiger partial charge is 0.378 e. The predicted molar refractivity (Wildman–Crippen MR) is 69.7 cm³/mol. The zero-order valence-corrected chi connectivity index (χ0v) is 11.6. The molecule has 0 bridgehead atoms. The lowest BCUT2D eigenvalue weighted by atomic mass is 9.93. The first kappa shape index (κ1) is 12.7. The molecular formula is C11H15Cl2NOS. The molecule has 0 aromatic carbocycles. The van der Waals surface area contributed by atoms with Gasteiger partial charge in [0.05, 0.1) is 21.4 Å². The van der Waals surface area contributed by atoms with E-state index < -0.39 is 0 Å². The second kappa shape index (κ2) is 5.23. The summed E-state index contributed by atoms with van der Waals surface area (Å²) in [7, 11) is 1.95. The number of thiophene rings is 1. The van der Waals surface area contributed by atoms with E-state index in [0.717, 1.165) is 27.3 Å². The molecule has 1 aromatic rings. The van der Waals surface area contributed by atoms with Crippen molar-refractivity contribution in [2.75, 3.05) is 13.7 Å². The van der Waals surface area contributed by atoms with Gasteiger partial charge in [-0.2, -0.15) is 0 Å². The fourth-order valence-electron chi connectivity index (χ4n) is 2.29. The highest BCUT2D eigenvalue weighted by molar-refractivity contribution is 7.20. The van der Waals surface area contributed by atoms with Gasteiger partial charge in [-0.15, -0.1) is 11.3 Å². The van der Waals surface area contributed by atoms with Gasteiger partial charge in [-0.1, -0.05) is 23.2 Å². The number of rotatable bonds is 3. The minimum atomic E-state index is 0.237. The van der Waals surface area contributed by atoms with Crippen LogP contribution in [0.15, 0.2) is 6.07 Å². The van der Waals surface area contributed by atoms with Gasteiger partial charge in [0.25, 0.3) is 0 Å². The van der Waals surface area contributed by atoms with Crippen molar-refractivity contribution in [1.29, 1.82) is 0 Å². The van der Waals surface area contributed by atoms with Crippen molar-refractivity contribution >= 4 is 34.5 Å². The first-order valence-corrected chi connectivity index (χ1v) is 6.92. The van der Waals surface area contributed by atoms with Gasteiger partial charge in [0.15, 0.2) is 0 Å². The van der Waals surface area contributed by atoms with Gasteiger partial charge in [0.1, 0.15) is 0 Å². The Morgan fingerprint density at radius 3 is 2.75 bits per heavy atom. The Morgan fingerprint density at radius 2 is 2.31 bits per heavy atom. The van der Waals surface area contributed by atoms with Gasteiger partial charge in [0.2, 0.25) is 0 Å². The highest BCUT2D eigenvalue weighted by atomic mass is 35.5. The van der Waals surface area contributed by atoms with Crippen LogP contribution in [-0.2, 0) is 4.74 Å². The Labute approximate surface area is 110 Å². The van der Waals surface area contributed by atoms with Gasteiger partial charge in [-0.05, 0) is 26.5 Å². The second-order valence-corrected chi connectivity index (χ2v) is 6.47. The average Bonchev–Trinajstić information content (AvgIpc) is 2.76. The van der Waals surface area contributed by atoms with E-state index in [4.69, 9.17) is 27.9 Å². The van der Waals surface area contributed by atoms with E-state index in [0.29, 0.717) is 12.0 Å². The Hall–Kier alpha value is 0.200. The van der Waals surface area contributed by atoms with Crippen molar-refractivity contribution in [2.24, 2.45) is 5.92 Å². The summed E-state index contributed by atoms with van der Waals surface area (Å²) in [6.07, 6.45) is 1.41. The summed E-state index contributed by atoms with van der Waals surface area (Å²) in [4.78, 5) is 0. The molecule has 90 valence electrons. The maximum atomic E-state index is 6.19. The van der Waals surface area contributed by atoms with Crippen molar-refractivity contribution in [3.63, 3.8) is 0 Å². The molecule has 16 heavy (non-hydrogen) atoms. The minimum absolute atomic E-state index is 0.237. The molecule has 1 aliphatic rings. The average molecular weight is 280 g/mol. The van der Waals surface area contributed by atoms with Crippen LogP contribution >= 0.6 is 34.5 Å². The number of hydrogen-bond donors (Lipinski definition) is 1. The molecule has 2 nitrogen and oxygen atoms in total. The Bertz CT molecular complexity index is 369. The Morgan fingerprint density at radius 1 is 1.56 bits per heavy atom. The third-order valence-corrected chi connectivity index (χ3v) is 4.55. The van der Waals surface area contributed by atoms with Crippen LogP contribution in [0.25, 0.3) is 0 Å². The lowest BCUT2D eigenvalue weighted by Crippen LogP contribution is -2.25. The zero-order chi connectivity index (χ0) is 11.7. The standard InChI is InChI=1S/C11H15Cl2NOS/c1-6-3-7(5-15-6)10(14-2)8-4-9(12)16-11(8)13/h4,6-7,10,14H,3,5H2,1-2H3. The van der Waals surface area contributed by atoms with Crippen molar-refractivity contribution < 1.29 is 4.74 Å². The van der Waals surface area contributed by atoms with Crippen LogP contribution in [0.5, 0.6) is 0 Å². The highest BCUT2D eigenvalue weighted by Crippen LogP contribution is 2.40. The summed E-state index contributed by atoms with van der Waals surface area (Å²) in [5, 5.41) is 3.32. The molecule has 1 aliphatic heterocycles. The molecule has 2 rings (SSSR count). The zero-order valence-electron chi connectivity index (χ0n) is 9.30.